The molecule has 5 heteroatoms. The predicted octanol–water partition coefficient (Wildman–Crippen LogP) is 1.95. The molecule has 0 heterocycles. The maximum atomic E-state index is 12.8. The molecule has 0 aliphatic carbocycles. The zero-order chi connectivity index (χ0) is 12.1. The van der Waals surface area contributed by atoms with Crippen LogP contribution in [0.3, 0.4) is 0 Å². The quantitative estimate of drug-likeness (QED) is 0.851. The lowest BCUT2D eigenvalue weighted by Gasteiger charge is -2.10. The van der Waals surface area contributed by atoms with E-state index in [2.05, 4.69) is 5.32 Å². The van der Waals surface area contributed by atoms with Crippen LogP contribution in [0.2, 0.25) is 5.02 Å². The van der Waals surface area contributed by atoms with Gasteiger partial charge in [-0.1, -0.05) is 18.5 Å². The lowest BCUT2D eigenvalue weighted by molar-refractivity contribution is 0.0951. The number of halogens is 2. The fourth-order valence-corrected chi connectivity index (χ4v) is 1.29. The van der Waals surface area contributed by atoms with Crippen molar-refractivity contribution < 1.29 is 9.18 Å². The molecule has 0 aromatic heterocycles. The standard InChI is InChI=1S/C11H14ClFN2O/c1-2-8(14)6-15-11(16)7-3-4-10(13)9(12)5-7/h3-5,8H,2,6,14H2,1H3,(H,15,16). The molecule has 1 unspecified atom stereocenters. The number of rotatable bonds is 4. The van der Waals surface area contributed by atoms with Gasteiger partial charge in [0.2, 0.25) is 0 Å². The van der Waals surface area contributed by atoms with Gasteiger partial charge in [0.05, 0.1) is 5.02 Å². The summed E-state index contributed by atoms with van der Waals surface area (Å²) in [6, 6.07) is 3.77. The first-order valence-corrected chi connectivity index (χ1v) is 5.41. The second-order valence-electron chi connectivity index (χ2n) is 3.51. The number of hydrogen-bond donors (Lipinski definition) is 2. The van der Waals surface area contributed by atoms with Crippen molar-refractivity contribution >= 4 is 17.5 Å². The molecule has 16 heavy (non-hydrogen) atoms. The van der Waals surface area contributed by atoms with E-state index in [0.717, 1.165) is 12.5 Å². The molecule has 0 fully saturated rings. The van der Waals surface area contributed by atoms with E-state index in [1.807, 2.05) is 6.92 Å². The Bertz CT molecular complexity index is 384. The van der Waals surface area contributed by atoms with Crippen LogP contribution in [0.25, 0.3) is 0 Å². The highest BCUT2D eigenvalue weighted by atomic mass is 35.5. The first-order chi connectivity index (χ1) is 7.54. The number of amides is 1. The summed E-state index contributed by atoms with van der Waals surface area (Å²) in [5, 5.41) is 2.59. The van der Waals surface area contributed by atoms with Crippen LogP contribution in [0.1, 0.15) is 23.7 Å². The topological polar surface area (TPSA) is 55.1 Å². The average Bonchev–Trinajstić information content (AvgIpc) is 2.29. The van der Waals surface area contributed by atoms with Gasteiger partial charge < -0.3 is 11.1 Å². The summed E-state index contributed by atoms with van der Waals surface area (Å²) >= 11 is 5.57. The van der Waals surface area contributed by atoms with Crippen molar-refractivity contribution in [1.82, 2.24) is 5.32 Å². The molecule has 3 N–H and O–H groups in total. The van der Waals surface area contributed by atoms with E-state index >= 15 is 0 Å². The van der Waals surface area contributed by atoms with Crippen LogP contribution in [-0.4, -0.2) is 18.5 Å². The maximum Gasteiger partial charge on any atom is 0.251 e. The third-order valence-corrected chi connectivity index (χ3v) is 2.52. The molecule has 0 bridgehead atoms. The zero-order valence-electron chi connectivity index (χ0n) is 8.97. The second kappa shape index (κ2) is 5.82. The number of nitrogens with one attached hydrogen (secondary N) is 1. The van der Waals surface area contributed by atoms with Crippen molar-refractivity contribution in [2.24, 2.45) is 5.73 Å². The van der Waals surface area contributed by atoms with E-state index in [0.29, 0.717) is 12.1 Å². The van der Waals surface area contributed by atoms with Gasteiger partial charge in [-0.2, -0.15) is 0 Å². The Kier molecular flexibility index (Phi) is 4.71. The Morgan fingerprint density at radius 1 is 1.62 bits per heavy atom. The zero-order valence-corrected chi connectivity index (χ0v) is 9.72. The molecule has 0 aliphatic heterocycles. The molecule has 1 rings (SSSR count). The summed E-state index contributed by atoms with van der Waals surface area (Å²) in [7, 11) is 0. The summed E-state index contributed by atoms with van der Waals surface area (Å²) < 4.78 is 12.8. The van der Waals surface area contributed by atoms with E-state index in [1.165, 1.54) is 12.1 Å². The lowest BCUT2D eigenvalue weighted by atomic mass is 10.2. The molecule has 1 aromatic rings. The molecule has 88 valence electrons. The van der Waals surface area contributed by atoms with E-state index in [-0.39, 0.29) is 17.0 Å². The van der Waals surface area contributed by atoms with Gasteiger partial charge in [-0.15, -0.1) is 0 Å². The van der Waals surface area contributed by atoms with Gasteiger partial charge >= 0.3 is 0 Å². The SMILES string of the molecule is CCC(N)CNC(=O)c1ccc(F)c(Cl)c1. The van der Waals surface area contributed by atoms with Gasteiger partial charge in [0.1, 0.15) is 5.82 Å². The van der Waals surface area contributed by atoms with Crippen LogP contribution in [0.5, 0.6) is 0 Å². The molecule has 0 radical (unpaired) electrons. The summed E-state index contributed by atoms with van der Waals surface area (Å²) in [6.45, 7) is 2.33. The van der Waals surface area contributed by atoms with Crippen LogP contribution in [-0.2, 0) is 0 Å². The molecule has 0 saturated carbocycles. The molecule has 1 aromatic carbocycles. The van der Waals surface area contributed by atoms with Crippen molar-refractivity contribution in [3.63, 3.8) is 0 Å². The minimum Gasteiger partial charge on any atom is -0.350 e. The Morgan fingerprint density at radius 3 is 2.88 bits per heavy atom. The van der Waals surface area contributed by atoms with Gasteiger partial charge in [0.25, 0.3) is 5.91 Å². The van der Waals surface area contributed by atoms with Crippen molar-refractivity contribution in [1.29, 1.82) is 0 Å². The number of hydrogen-bond acceptors (Lipinski definition) is 2. The van der Waals surface area contributed by atoms with Crippen molar-refractivity contribution in [3.8, 4) is 0 Å². The Morgan fingerprint density at radius 2 is 2.31 bits per heavy atom. The largest absolute Gasteiger partial charge is 0.350 e. The average molecular weight is 245 g/mol. The minimum atomic E-state index is -0.538. The van der Waals surface area contributed by atoms with Crippen LogP contribution < -0.4 is 11.1 Å². The van der Waals surface area contributed by atoms with Crippen LogP contribution in [0.15, 0.2) is 18.2 Å². The normalized spacial score (nSPS) is 12.2. The Hall–Kier alpha value is -1.13. The molecule has 3 nitrogen and oxygen atoms in total. The third-order valence-electron chi connectivity index (χ3n) is 2.23. The number of benzene rings is 1. The number of nitrogens with two attached hydrogens (primary N) is 1. The Labute approximate surface area is 98.8 Å². The van der Waals surface area contributed by atoms with Crippen LogP contribution in [0.4, 0.5) is 4.39 Å². The van der Waals surface area contributed by atoms with Crippen molar-refractivity contribution in [2.45, 2.75) is 19.4 Å². The molecule has 1 amide bonds. The molecular weight excluding hydrogens is 231 g/mol. The van der Waals surface area contributed by atoms with E-state index in [9.17, 15) is 9.18 Å². The maximum absolute atomic E-state index is 12.8. The number of carbonyl (C=O) groups excluding carboxylic acids is 1. The van der Waals surface area contributed by atoms with Crippen molar-refractivity contribution in [3.05, 3.63) is 34.6 Å². The van der Waals surface area contributed by atoms with Crippen molar-refractivity contribution in [2.75, 3.05) is 6.54 Å². The number of carbonyl (C=O) groups is 1. The van der Waals surface area contributed by atoms with Gasteiger partial charge in [0, 0.05) is 18.2 Å². The Balaban J connectivity index is 2.63. The summed E-state index contributed by atoms with van der Waals surface area (Å²) in [6.07, 6.45) is 0.782. The van der Waals surface area contributed by atoms with E-state index < -0.39 is 5.82 Å². The van der Waals surface area contributed by atoms with Crippen LogP contribution in [0, 0.1) is 5.82 Å². The van der Waals surface area contributed by atoms with E-state index in [4.69, 9.17) is 17.3 Å². The fraction of sp³-hybridized carbons (Fsp3) is 0.364. The summed E-state index contributed by atoms with van der Waals surface area (Å²) in [4.78, 5) is 11.6. The smallest absolute Gasteiger partial charge is 0.251 e. The lowest BCUT2D eigenvalue weighted by Crippen LogP contribution is -2.36. The molecule has 0 spiro atoms. The second-order valence-corrected chi connectivity index (χ2v) is 3.91. The first-order valence-electron chi connectivity index (χ1n) is 5.03. The van der Waals surface area contributed by atoms with Gasteiger partial charge in [-0.05, 0) is 24.6 Å². The highest BCUT2D eigenvalue weighted by Gasteiger charge is 2.09. The van der Waals surface area contributed by atoms with E-state index in [1.54, 1.807) is 0 Å². The van der Waals surface area contributed by atoms with Crippen LogP contribution >= 0.6 is 11.6 Å². The summed E-state index contributed by atoms with van der Waals surface area (Å²) in [5.74, 6) is -0.839. The molecular formula is C11H14ClFN2O. The highest BCUT2D eigenvalue weighted by molar-refractivity contribution is 6.31. The van der Waals surface area contributed by atoms with Gasteiger partial charge in [-0.25, -0.2) is 4.39 Å². The third kappa shape index (κ3) is 3.47. The highest BCUT2D eigenvalue weighted by Crippen LogP contribution is 2.15. The van der Waals surface area contributed by atoms with Gasteiger partial charge in [-0.3, -0.25) is 4.79 Å². The summed E-state index contributed by atoms with van der Waals surface area (Å²) in [5.41, 5.74) is 5.98. The van der Waals surface area contributed by atoms with Gasteiger partial charge in [0.15, 0.2) is 0 Å². The molecule has 0 saturated heterocycles. The fourth-order valence-electron chi connectivity index (χ4n) is 1.11. The molecule has 0 aliphatic rings. The molecule has 1 atom stereocenters. The first kappa shape index (κ1) is 12.9. The predicted molar refractivity (Wildman–Crippen MR) is 62.0 cm³/mol. The minimum absolute atomic E-state index is 0.0626. The monoisotopic (exact) mass is 244 g/mol.